The molecule has 2 N–H and O–H groups in total. The maximum Gasteiger partial charge on any atom is 0.306 e. The van der Waals surface area contributed by atoms with E-state index in [0.29, 0.717) is 36.6 Å². The molecule has 0 atom stereocenters. The van der Waals surface area contributed by atoms with Gasteiger partial charge in [-0.15, -0.1) is 0 Å². The average Bonchev–Trinajstić information content (AvgIpc) is 2.89. The summed E-state index contributed by atoms with van der Waals surface area (Å²) >= 11 is 0. The number of benzene rings is 3. The minimum Gasteiger partial charge on any atom is -0.494 e. The number of amides is 2. The van der Waals surface area contributed by atoms with Crippen LogP contribution in [0.5, 0.6) is 5.75 Å². The lowest BCUT2D eigenvalue weighted by atomic mass is 10.2. The summed E-state index contributed by atoms with van der Waals surface area (Å²) in [6.07, 6.45) is 0.189. The summed E-state index contributed by atoms with van der Waals surface area (Å²) in [4.78, 5) is 38.7. The highest BCUT2D eigenvalue weighted by molar-refractivity contribution is 6.04. The fourth-order valence-corrected chi connectivity index (χ4v) is 3.52. The topological polar surface area (TPSA) is 97.0 Å². The van der Waals surface area contributed by atoms with Gasteiger partial charge in [-0.1, -0.05) is 30.3 Å². The maximum absolute atomic E-state index is 12.7. The summed E-state index contributed by atoms with van der Waals surface area (Å²) in [6, 6.07) is 23.5. The second kappa shape index (κ2) is 13.7. The third-order valence-corrected chi connectivity index (χ3v) is 5.33. The van der Waals surface area contributed by atoms with Crippen LogP contribution in [0.2, 0.25) is 0 Å². The molecule has 2 amide bonds. The van der Waals surface area contributed by atoms with Crippen LogP contribution in [-0.2, 0) is 20.9 Å². The third-order valence-electron chi connectivity index (χ3n) is 5.33. The molecule has 3 aromatic carbocycles. The van der Waals surface area contributed by atoms with Gasteiger partial charge in [0.05, 0.1) is 26.7 Å². The Labute approximate surface area is 211 Å². The van der Waals surface area contributed by atoms with E-state index in [9.17, 15) is 14.4 Å². The van der Waals surface area contributed by atoms with Crippen molar-refractivity contribution in [2.24, 2.45) is 0 Å². The summed E-state index contributed by atoms with van der Waals surface area (Å²) < 4.78 is 10.1. The van der Waals surface area contributed by atoms with Crippen LogP contribution in [-0.4, -0.2) is 49.5 Å². The molecule has 0 bridgehead atoms. The Balaban J connectivity index is 1.55. The monoisotopic (exact) mass is 489 g/mol. The first kappa shape index (κ1) is 26.4. The number of hydrogen-bond donors (Lipinski definition) is 2. The van der Waals surface area contributed by atoms with Crippen LogP contribution in [0.4, 0.5) is 11.4 Å². The fourth-order valence-electron chi connectivity index (χ4n) is 3.52. The summed E-state index contributed by atoms with van der Waals surface area (Å²) in [5.41, 5.74) is 2.74. The second-order valence-corrected chi connectivity index (χ2v) is 8.06. The van der Waals surface area contributed by atoms with Gasteiger partial charge < -0.3 is 20.1 Å². The maximum atomic E-state index is 12.7. The average molecular weight is 490 g/mol. The van der Waals surface area contributed by atoms with Crippen LogP contribution in [0.15, 0.2) is 78.9 Å². The van der Waals surface area contributed by atoms with Crippen LogP contribution in [0.25, 0.3) is 0 Å². The van der Waals surface area contributed by atoms with Crippen molar-refractivity contribution in [3.05, 3.63) is 90.0 Å². The van der Waals surface area contributed by atoms with Crippen LogP contribution >= 0.6 is 0 Å². The van der Waals surface area contributed by atoms with Crippen LogP contribution in [0.3, 0.4) is 0 Å². The van der Waals surface area contributed by atoms with E-state index in [1.54, 1.807) is 48.5 Å². The lowest BCUT2D eigenvalue weighted by molar-refractivity contribution is -0.141. The van der Waals surface area contributed by atoms with Gasteiger partial charge in [0.2, 0.25) is 5.91 Å². The van der Waals surface area contributed by atoms with Crippen molar-refractivity contribution in [2.45, 2.75) is 19.9 Å². The number of carbonyl (C=O) groups is 3. The normalized spacial score (nSPS) is 10.5. The van der Waals surface area contributed by atoms with E-state index in [4.69, 9.17) is 9.47 Å². The predicted molar refractivity (Wildman–Crippen MR) is 139 cm³/mol. The molecule has 0 heterocycles. The summed E-state index contributed by atoms with van der Waals surface area (Å²) in [6.45, 7) is 3.50. The number of esters is 1. The zero-order chi connectivity index (χ0) is 25.8. The van der Waals surface area contributed by atoms with Gasteiger partial charge in [-0.3, -0.25) is 19.3 Å². The van der Waals surface area contributed by atoms with Gasteiger partial charge in [0.1, 0.15) is 5.75 Å². The van der Waals surface area contributed by atoms with Gasteiger partial charge in [-0.2, -0.15) is 0 Å². The smallest absolute Gasteiger partial charge is 0.306 e. The number of nitrogens with zero attached hydrogens (tertiary/aromatic N) is 1. The molecule has 0 saturated carbocycles. The number of nitrogens with one attached hydrogen (secondary N) is 2. The lowest BCUT2D eigenvalue weighted by Crippen LogP contribution is -2.34. The number of hydrogen-bond acceptors (Lipinski definition) is 6. The number of ether oxygens (including phenoxy) is 2. The van der Waals surface area contributed by atoms with E-state index in [-0.39, 0.29) is 30.7 Å². The molecule has 0 unspecified atom stereocenters. The zero-order valence-electron chi connectivity index (χ0n) is 20.5. The largest absolute Gasteiger partial charge is 0.494 e. The molecule has 188 valence electrons. The van der Waals surface area contributed by atoms with Gasteiger partial charge >= 0.3 is 5.97 Å². The van der Waals surface area contributed by atoms with Crippen molar-refractivity contribution in [3.63, 3.8) is 0 Å². The van der Waals surface area contributed by atoms with E-state index in [0.717, 1.165) is 11.3 Å². The Hall–Kier alpha value is -4.17. The van der Waals surface area contributed by atoms with Crippen molar-refractivity contribution in [2.75, 3.05) is 37.4 Å². The molecular weight excluding hydrogens is 458 g/mol. The molecule has 0 fully saturated rings. The van der Waals surface area contributed by atoms with Gasteiger partial charge in [0.25, 0.3) is 5.91 Å². The number of methoxy groups -OCH3 is 1. The molecule has 0 saturated heterocycles. The molecule has 3 aromatic rings. The van der Waals surface area contributed by atoms with Crippen LogP contribution < -0.4 is 15.4 Å². The third kappa shape index (κ3) is 8.56. The molecule has 0 aliphatic rings. The van der Waals surface area contributed by atoms with Crippen molar-refractivity contribution in [3.8, 4) is 5.75 Å². The molecule has 0 aromatic heterocycles. The molecule has 0 aliphatic heterocycles. The summed E-state index contributed by atoms with van der Waals surface area (Å²) in [5.74, 6) is -0.0629. The molecule has 8 heteroatoms. The quantitative estimate of drug-likeness (QED) is 0.368. The van der Waals surface area contributed by atoms with E-state index in [2.05, 4.69) is 10.6 Å². The Kier molecular flexibility index (Phi) is 10.0. The molecule has 0 aliphatic carbocycles. The standard InChI is InChI=1S/C28H31N3O5/c1-3-36-25-15-13-24(14-16-25)30-28(34)22-9-11-23(12-10-22)29-26(32)20-31(18-17-27(33)35-2)19-21-7-5-4-6-8-21/h4-16H,3,17-20H2,1-2H3,(H,29,32)(H,30,34). The SMILES string of the molecule is CCOc1ccc(NC(=O)c2ccc(NC(=O)CN(CCC(=O)OC)Cc3ccccc3)cc2)cc1. The van der Waals surface area contributed by atoms with Crippen LogP contribution in [0.1, 0.15) is 29.3 Å². The fraction of sp³-hybridized carbons (Fsp3) is 0.250. The Morgan fingerprint density at radius 2 is 1.47 bits per heavy atom. The van der Waals surface area contributed by atoms with Gasteiger partial charge in [0.15, 0.2) is 0 Å². The Morgan fingerprint density at radius 3 is 2.11 bits per heavy atom. The molecule has 36 heavy (non-hydrogen) atoms. The highest BCUT2D eigenvalue weighted by atomic mass is 16.5. The van der Waals surface area contributed by atoms with E-state index < -0.39 is 0 Å². The van der Waals surface area contributed by atoms with Crippen molar-refractivity contribution >= 4 is 29.2 Å². The van der Waals surface area contributed by atoms with Gasteiger partial charge in [-0.05, 0) is 61.0 Å². The highest BCUT2D eigenvalue weighted by Crippen LogP contribution is 2.17. The van der Waals surface area contributed by atoms with E-state index >= 15 is 0 Å². The first-order chi connectivity index (χ1) is 17.5. The lowest BCUT2D eigenvalue weighted by Gasteiger charge is -2.21. The summed E-state index contributed by atoms with van der Waals surface area (Å²) in [5, 5.41) is 5.69. The second-order valence-electron chi connectivity index (χ2n) is 8.06. The Bertz CT molecular complexity index is 1130. The van der Waals surface area contributed by atoms with Crippen molar-refractivity contribution in [1.29, 1.82) is 0 Å². The molecule has 0 radical (unpaired) electrons. The zero-order valence-corrected chi connectivity index (χ0v) is 20.5. The molecule has 0 spiro atoms. The van der Waals surface area contributed by atoms with Gasteiger partial charge in [0, 0.05) is 30.0 Å². The highest BCUT2D eigenvalue weighted by Gasteiger charge is 2.14. The number of rotatable bonds is 12. The molecular formula is C28H31N3O5. The first-order valence-corrected chi connectivity index (χ1v) is 11.7. The van der Waals surface area contributed by atoms with Crippen LogP contribution in [0, 0.1) is 0 Å². The van der Waals surface area contributed by atoms with Gasteiger partial charge in [-0.25, -0.2) is 0 Å². The van der Waals surface area contributed by atoms with Crippen molar-refractivity contribution in [1.82, 2.24) is 4.90 Å². The Morgan fingerprint density at radius 1 is 0.833 bits per heavy atom. The van der Waals surface area contributed by atoms with Crippen molar-refractivity contribution < 1.29 is 23.9 Å². The minimum atomic E-state index is -0.326. The molecule has 8 nitrogen and oxygen atoms in total. The predicted octanol–water partition coefficient (Wildman–Crippen LogP) is 4.34. The summed E-state index contributed by atoms with van der Waals surface area (Å²) in [7, 11) is 1.35. The number of carbonyl (C=O) groups excluding carboxylic acids is 3. The molecule has 3 rings (SSSR count). The number of anilines is 2. The van der Waals surface area contributed by atoms with E-state index in [1.807, 2.05) is 42.2 Å². The first-order valence-electron chi connectivity index (χ1n) is 11.7. The van der Waals surface area contributed by atoms with E-state index in [1.165, 1.54) is 7.11 Å². The minimum absolute atomic E-state index is 0.103.